The van der Waals surface area contributed by atoms with Gasteiger partial charge in [0.25, 0.3) is 0 Å². The van der Waals surface area contributed by atoms with Gasteiger partial charge >= 0.3 is 0 Å². The largest absolute Gasteiger partial charge is 0.487 e. The highest BCUT2D eigenvalue weighted by molar-refractivity contribution is 8.14. The molecule has 0 aromatic heterocycles. The Hall–Kier alpha value is -1.45. The molecule has 1 aliphatic rings. The minimum atomic E-state index is 0.529. The van der Waals surface area contributed by atoms with Crippen molar-refractivity contribution in [3.8, 4) is 5.75 Å². The number of hydrogen-bond donors (Lipinski definition) is 0. The number of aryl methyl sites for hydroxylation is 1. The summed E-state index contributed by atoms with van der Waals surface area (Å²) >= 11 is 8.10. The minimum Gasteiger partial charge on any atom is -0.487 e. The number of aliphatic imine (C=N–C) groups is 1. The van der Waals surface area contributed by atoms with Crippen molar-refractivity contribution in [2.45, 2.75) is 13.5 Å². The first-order valence-electron chi connectivity index (χ1n) is 6.88. The van der Waals surface area contributed by atoms with E-state index in [0.717, 1.165) is 22.9 Å². The van der Waals surface area contributed by atoms with Crippen LogP contribution in [0.25, 0.3) is 0 Å². The zero-order valence-corrected chi connectivity index (χ0v) is 13.4. The lowest BCUT2D eigenvalue weighted by Gasteiger charge is -2.11. The number of benzene rings is 2. The van der Waals surface area contributed by atoms with Crippen LogP contribution in [0, 0.1) is 6.92 Å². The van der Waals surface area contributed by atoms with E-state index >= 15 is 0 Å². The van der Waals surface area contributed by atoms with Crippen LogP contribution in [0.2, 0.25) is 5.02 Å². The molecule has 2 aromatic carbocycles. The Balaban J connectivity index is 1.73. The maximum Gasteiger partial charge on any atom is 0.138 e. The summed E-state index contributed by atoms with van der Waals surface area (Å²) in [4.78, 5) is 4.46. The second kappa shape index (κ2) is 6.54. The van der Waals surface area contributed by atoms with E-state index < -0.39 is 0 Å². The van der Waals surface area contributed by atoms with Gasteiger partial charge in [0.1, 0.15) is 12.4 Å². The third-order valence-electron chi connectivity index (χ3n) is 3.41. The van der Waals surface area contributed by atoms with E-state index in [4.69, 9.17) is 16.3 Å². The van der Waals surface area contributed by atoms with Gasteiger partial charge in [-0.2, -0.15) is 0 Å². The number of ether oxygens (including phenoxy) is 1. The van der Waals surface area contributed by atoms with Crippen LogP contribution in [0.1, 0.15) is 16.7 Å². The summed E-state index contributed by atoms with van der Waals surface area (Å²) < 4.78 is 5.84. The van der Waals surface area contributed by atoms with Gasteiger partial charge in [0, 0.05) is 17.9 Å². The van der Waals surface area contributed by atoms with Crippen molar-refractivity contribution in [3.63, 3.8) is 0 Å². The van der Waals surface area contributed by atoms with Crippen molar-refractivity contribution < 1.29 is 4.74 Å². The molecule has 0 spiro atoms. The number of hydrogen-bond acceptors (Lipinski definition) is 3. The molecular formula is C17H16ClNOS. The van der Waals surface area contributed by atoms with Crippen LogP contribution < -0.4 is 4.74 Å². The molecule has 4 heteroatoms. The van der Waals surface area contributed by atoms with Crippen LogP contribution in [0.3, 0.4) is 0 Å². The normalized spacial score (nSPS) is 14.1. The zero-order valence-electron chi connectivity index (χ0n) is 11.8. The summed E-state index contributed by atoms with van der Waals surface area (Å²) in [6, 6.07) is 14.1. The first-order chi connectivity index (χ1) is 10.2. The molecule has 0 N–H and O–H groups in total. The van der Waals surface area contributed by atoms with E-state index in [2.05, 4.69) is 24.0 Å². The molecule has 0 fully saturated rings. The molecular weight excluding hydrogens is 302 g/mol. The Morgan fingerprint density at radius 2 is 2.10 bits per heavy atom. The van der Waals surface area contributed by atoms with Crippen LogP contribution in [-0.2, 0) is 6.61 Å². The predicted octanol–water partition coefficient (Wildman–Crippen LogP) is 4.72. The average Bonchev–Trinajstić information content (AvgIpc) is 3.02. The number of thioether (sulfide) groups is 1. The highest BCUT2D eigenvalue weighted by atomic mass is 35.5. The Bertz CT molecular complexity index is 684. The highest BCUT2D eigenvalue weighted by Crippen LogP contribution is 2.29. The first kappa shape index (κ1) is 14.5. The summed E-state index contributed by atoms with van der Waals surface area (Å²) in [5.41, 5.74) is 3.47. The van der Waals surface area contributed by atoms with Gasteiger partial charge in [-0.15, -0.1) is 11.8 Å². The molecule has 2 aromatic rings. The van der Waals surface area contributed by atoms with Crippen LogP contribution in [0.4, 0.5) is 0 Å². The summed E-state index contributed by atoms with van der Waals surface area (Å²) in [6.07, 6.45) is 0. The van der Waals surface area contributed by atoms with Crippen molar-refractivity contribution in [1.82, 2.24) is 0 Å². The molecule has 0 bridgehead atoms. The molecule has 0 atom stereocenters. The van der Waals surface area contributed by atoms with Crippen molar-refractivity contribution in [1.29, 1.82) is 0 Å². The standard InChI is InChI=1S/C17H16ClNOS/c1-12-4-2-3-5-14(12)11-20-16-7-6-13(10-15(16)18)17-19-8-9-21-17/h2-7,10H,8-9,11H2,1H3. The van der Waals surface area contributed by atoms with Crippen molar-refractivity contribution in [3.05, 3.63) is 64.2 Å². The van der Waals surface area contributed by atoms with Crippen LogP contribution in [0.15, 0.2) is 47.5 Å². The van der Waals surface area contributed by atoms with Gasteiger partial charge in [-0.3, -0.25) is 4.99 Å². The Morgan fingerprint density at radius 1 is 1.24 bits per heavy atom. The number of halogens is 1. The zero-order chi connectivity index (χ0) is 14.7. The van der Waals surface area contributed by atoms with Gasteiger partial charge in [0.05, 0.1) is 10.1 Å². The lowest BCUT2D eigenvalue weighted by atomic mass is 10.1. The van der Waals surface area contributed by atoms with E-state index in [-0.39, 0.29) is 0 Å². The minimum absolute atomic E-state index is 0.529. The van der Waals surface area contributed by atoms with Crippen LogP contribution >= 0.6 is 23.4 Å². The van der Waals surface area contributed by atoms with E-state index in [1.54, 1.807) is 11.8 Å². The molecule has 0 radical (unpaired) electrons. The molecule has 0 saturated carbocycles. The molecule has 1 heterocycles. The second-order valence-electron chi connectivity index (χ2n) is 4.90. The summed E-state index contributed by atoms with van der Waals surface area (Å²) in [5.74, 6) is 1.77. The van der Waals surface area contributed by atoms with Crippen molar-refractivity contribution in [2.75, 3.05) is 12.3 Å². The topological polar surface area (TPSA) is 21.6 Å². The summed E-state index contributed by atoms with van der Waals surface area (Å²) in [6.45, 7) is 3.50. The van der Waals surface area contributed by atoms with Crippen molar-refractivity contribution >= 4 is 28.4 Å². The molecule has 21 heavy (non-hydrogen) atoms. The lowest BCUT2D eigenvalue weighted by molar-refractivity contribution is 0.305. The fourth-order valence-corrected chi connectivity index (χ4v) is 3.28. The number of rotatable bonds is 4. The van der Waals surface area contributed by atoms with Crippen LogP contribution in [-0.4, -0.2) is 17.3 Å². The Kier molecular flexibility index (Phi) is 4.51. The fraction of sp³-hybridized carbons (Fsp3) is 0.235. The maximum absolute atomic E-state index is 6.32. The van der Waals surface area contributed by atoms with Gasteiger partial charge in [-0.1, -0.05) is 35.9 Å². The van der Waals surface area contributed by atoms with Gasteiger partial charge < -0.3 is 4.74 Å². The van der Waals surface area contributed by atoms with E-state index in [0.29, 0.717) is 17.4 Å². The molecule has 0 saturated heterocycles. The summed E-state index contributed by atoms with van der Waals surface area (Å²) in [7, 11) is 0. The smallest absolute Gasteiger partial charge is 0.138 e. The molecule has 108 valence electrons. The summed E-state index contributed by atoms with van der Waals surface area (Å²) in [5, 5.41) is 1.71. The third-order valence-corrected chi connectivity index (χ3v) is 4.73. The van der Waals surface area contributed by atoms with E-state index in [1.165, 1.54) is 11.1 Å². The first-order valence-corrected chi connectivity index (χ1v) is 8.25. The van der Waals surface area contributed by atoms with E-state index in [9.17, 15) is 0 Å². The highest BCUT2D eigenvalue weighted by Gasteiger charge is 2.12. The monoisotopic (exact) mass is 317 g/mol. The van der Waals surface area contributed by atoms with Gasteiger partial charge in [0.15, 0.2) is 0 Å². The quantitative estimate of drug-likeness (QED) is 0.813. The average molecular weight is 318 g/mol. The van der Waals surface area contributed by atoms with Gasteiger partial charge in [0.2, 0.25) is 0 Å². The molecule has 0 aliphatic carbocycles. The molecule has 1 aliphatic heterocycles. The fourth-order valence-electron chi connectivity index (χ4n) is 2.19. The Labute approximate surface area is 134 Å². The lowest BCUT2D eigenvalue weighted by Crippen LogP contribution is -1.99. The molecule has 0 amide bonds. The van der Waals surface area contributed by atoms with E-state index in [1.807, 2.05) is 30.3 Å². The van der Waals surface area contributed by atoms with Crippen molar-refractivity contribution in [2.24, 2.45) is 4.99 Å². The molecule has 0 unspecified atom stereocenters. The maximum atomic E-state index is 6.32. The molecule has 2 nitrogen and oxygen atoms in total. The molecule has 3 rings (SSSR count). The van der Waals surface area contributed by atoms with Crippen LogP contribution in [0.5, 0.6) is 5.75 Å². The number of nitrogens with zero attached hydrogens (tertiary/aromatic N) is 1. The predicted molar refractivity (Wildman–Crippen MR) is 90.8 cm³/mol. The second-order valence-corrected chi connectivity index (χ2v) is 6.39. The van der Waals surface area contributed by atoms with Gasteiger partial charge in [-0.25, -0.2) is 0 Å². The third kappa shape index (κ3) is 3.42. The SMILES string of the molecule is Cc1ccccc1COc1ccc(C2=NCCS2)cc1Cl. The van der Waals surface area contributed by atoms with Gasteiger partial charge in [-0.05, 0) is 36.2 Å². The Morgan fingerprint density at radius 3 is 2.81 bits per heavy atom.